The summed E-state index contributed by atoms with van der Waals surface area (Å²) in [5.41, 5.74) is 2.73. The Bertz CT molecular complexity index is 890. The molecule has 0 amide bonds. The molecule has 0 saturated carbocycles. The van der Waals surface area contributed by atoms with Crippen molar-refractivity contribution in [3.8, 4) is 5.69 Å². The summed E-state index contributed by atoms with van der Waals surface area (Å²) in [7, 11) is 0. The highest BCUT2D eigenvalue weighted by Crippen LogP contribution is 2.23. The molecule has 0 aliphatic heterocycles. The predicted octanol–water partition coefficient (Wildman–Crippen LogP) is 4.15. The van der Waals surface area contributed by atoms with E-state index in [2.05, 4.69) is 6.26 Å². The summed E-state index contributed by atoms with van der Waals surface area (Å²) in [5, 5.41) is 1.42. The Hall–Kier alpha value is -1.72. The molecule has 1 heterocycles. The first-order valence-electron chi connectivity index (χ1n) is 7.42. The van der Waals surface area contributed by atoms with Crippen molar-refractivity contribution < 1.29 is 0 Å². The van der Waals surface area contributed by atoms with Gasteiger partial charge in [0.2, 0.25) is 0 Å². The number of fused-ring (bicyclic) bond motifs is 1. The van der Waals surface area contributed by atoms with Gasteiger partial charge in [0.25, 0.3) is 5.56 Å². The molecule has 118 valence electrons. The molecule has 0 unspecified atom stereocenters. The maximum atomic E-state index is 13.0. The van der Waals surface area contributed by atoms with Crippen LogP contribution in [0, 0.1) is 6.92 Å². The van der Waals surface area contributed by atoms with Crippen LogP contribution in [0.15, 0.2) is 58.5 Å². The fourth-order valence-corrected chi connectivity index (χ4v) is 4.11. The van der Waals surface area contributed by atoms with Crippen LogP contribution in [0.1, 0.15) is 5.56 Å². The summed E-state index contributed by atoms with van der Waals surface area (Å²) in [6.07, 6.45) is 2.09. The van der Waals surface area contributed by atoms with Crippen LogP contribution in [0.5, 0.6) is 0 Å². The van der Waals surface area contributed by atoms with E-state index < -0.39 is 0 Å². The lowest BCUT2D eigenvalue weighted by Gasteiger charge is -2.14. The van der Waals surface area contributed by atoms with Gasteiger partial charge in [0.05, 0.1) is 16.6 Å². The second kappa shape index (κ2) is 7.23. The smallest absolute Gasteiger partial charge is 0.266 e. The van der Waals surface area contributed by atoms with E-state index >= 15 is 0 Å². The van der Waals surface area contributed by atoms with Gasteiger partial charge in [-0.2, -0.15) is 11.8 Å². The van der Waals surface area contributed by atoms with Crippen LogP contribution in [0.3, 0.4) is 0 Å². The normalized spacial score (nSPS) is 11.0. The van der Waals surface area contributed by atoms with Crippen molar-refractivity contribution in [3.63, 3.8) is 0 Å². The molecule has 3 rings (SSSR count). The number of thioether (sulfide) groups is 2. The Morgan fingerprint density at radius 3 is 2.57 bits per heavy atom. The van der Waals surface area contributed by atoms with Gasteiger partial charge < -0.3 is 0 Å². The van der Waals surface area contributed by atoms with Crippen LogP contribution >= 0.6 is 23.5 Å². The summed E-state index contributed by atoms with van der Waals surface area (Å²) in [6.45, 7) is 2.02. The van der Waals surface area contributed by atoms with Crippen LogP contribution in [0.25, 0.3) is 16.6 Å². The van der Waals surface area contributed by atoms with E-state index in [9.17, 15) is 4.79 Å². The molecule has 5 heteroatoms. The maximum absolute atomic E-state index is 13.0. The molecule has 0 radical (unpaired) electrons. The second-order valence-corrected chi connectivity index (χ2v) is 7.23. The molecule has 0 fully saturated rings. The van der Waals surface area contributed by atoms with E-state index in [-0.39, 0.29) is 5.56 Å². The third-order valence-electron chi connectivity index (χ3n) is 3.62. The van der Waals surface area contributed by atoms with Gasteiger partial charge in [-0.1, -0.05) is 42.1 Å². The molecular weight excluding hydrogens is 324 g/mol. The fraction of sp³-hybridized carbons (Fsp3) is 0.222. The van der Waals surface area contributed by atoms with E-state index in [1.54, 1.807) is 28.1 Å². The lowest BCUT2D eigenvalue weighted by molar-refractivity contribution is 0.815. The van der Waals surface area contributed by atoms with Gasteiger partial charge in [-0.05, 0) is 36.9 Å². The molecule has 3 nitrogen and oxygen atoms in total. The van der Waals surface area contributed by atoms with Gasteiger partial charge in [0.15, 0.2) is 5.16 Å². The van der Waals surface area contributed by atoms with Crippen LogP contribution in [0.2, 0.25) is 0 Å². The van der Waals surface area contributed by atoms with Crippen LogP contribution < -0.4 is 5.56 Å². The Labute approximate surface area is 144 Å². The summed E-state index contributed by atoms with van der Waals surface area (Å²) in [4.78, 5) is 17.8. The predicted molar refractivity (Wildman–Crippen MR) is 101 cm³/mol. The van der Waals surface area contributed by atoms with E-state index in [0.29, 0.717) is 5.39 Å². The van der Waals surface area contributed by atoms with Gasteiger partial charge >= 0.3 is 0 Å². The molecule has 2 aromatic carbocycles. The zero-order chi connectivity index (χ0) is 16.2. The third-order valence-corrected chi connectivity index (χ3v) is 5.43. The van der Waals surface area contributed by atoms with Crippen molar-refractivity contribution >= 4 is 34.4 Å². The van der Waals surface area contributed by atoms with E-state index in [1.165, 1.54) is 0 Å². The minimum absolute atomic E-state index is 0.00319. The Balaban J connectivity index is 2.24. The van der Waals surface area contributed by atoms with Crippen molar-refractivity contribution in [2.75, 3.05) is 17.8 Å². The van der Waals surface area contributed by atoms with E-state index in [4.69, 9.17) is 4.98 Å². The summed E-state index contributed by atoms with van der Waals surface area (Å²) < 4.78 is 1.75. The first-order valence-corrected chi connectivity index (χ1v) is 9.80. The molecule has 0 aliphatic rings. The van der Waals surface area contributed by atoms with Crippen molar-refractivity contribution in [1.29, 1.82) is 0 Å². The summed E-state index contributed by atoms with van der Waals surface area (Å²) >= 11 is 3.43. The molecule has 0 bridgehead atoms. The second-order valence-electron chi connectivity index (χ2n) is 5.18. The number of para-hydroxylation sites is 2. The molecule has 0 atom stereocenters. The first kappa shape index (κ1) is 16.1. The largest absolute Gasteiger partial charge is 0.268 e. The number of hydrogen-bond donors (Lipinski definition) is 0. The summed E-state index contributed by atoms with van der Waals surface area (Å²) in [5.74, 6) is 1.96. The quantitative estimate of drug-likeness (QED) is 0.396. The fourth-order valence-electron chi connectivity index (χ4n) is 2.45. The standard InChI is InChI=1S/C18H18N2OS2/c1-13-7-3-6-10-16(13)20-17(21)14-8-4-5-9-15(14)19-18(20)23-12-11-22-2/h3-10H,11-12H2,1-2H3. The molecule has 0 spiro atoms. The zero-order valence-electron chi connectivity index (χ0n) is 13.2. The van der Waals surface area contributed by atoms with Crippen molar-refractivity contribution in [1.82, 2.24) is 9.55 Å². The van der Waals surface area contributed by atoms with Crippen molar-refractivity contribution in [2.45, 2.75) is 12.1 Å². The van der Waals surface area contributed by atoms with Gasteiger partial charge in [0, 0.05) is 11.5 Å². The first-order chi connectivity index (χ1) is 11.2. The number of benzene rings is 2. The van der Waals surface area contributed by atoms with Crippen LogP contribution in [-0.4, -0.2) is 27.3 Å². The average Bonchev–Trinajstić information content (AvgIpc) is 2.57. The van der Waals surface area contributed by atoms with E-state index in [0.717, 1.165) is 33.4 Å². The molecule has 23 heavy (non-hydrogen) atoms. The Kier molecular flexibility index (Phi) is 5.08. The zero-order valence-corrected chi connectivity index (χ0v) is 14.8. The van der Waals surface area contributed by atoms with Crippen molar-refractivity contribution in [2.24, 2.45) is 0 Å². The lowest BCUT2D eigenvalue weighted by Crippen LogP contribution is -2.22. The Morgan fingerprint density at radius 2 is 1.78 bits per heavy atom. The molecule has 1 aromatic heterocycles. The molecule has 3 aromatic rings. The summed E-state index contributed by atoms with van der Waals surface area (Å²) in [6, 6.07) is 15.5. The highest BCUT2D eigenvalue weighted by Gasteiger charge is 2.14. The number of hydrogen-bond acceptors (Lipinski definition) is 4. The lowest BCUT2D eigenvalue weighted by atomic mass is 10.2. The van der Waals surface area contributed by atoms with E-state index in [1.807, 2.05) is 55.5 Å². The highest BCUT2D eigenvalue weighted by molar-refractivity contribution is 8.02. The van der Waals surface area contributed by atoms with Gasteiger partial charge in [-0.15, -0.1) is 0 Å². The topological polar surface area (TPSA) is 34.9 Å². The average molecular weight is 342 g/mol. The minimum Gasteiger partial charge on any atom is -0.268 e. The van der Waals surface area contributed by atoms with Gasteiger partial charge in [-0.3, -0.25) is 9.36 Å². The molecule has 0 aliphatic carbocycles. The van der Waals surface area contributed by atoms with Crippen LogP contribution in [0.4, 0.5) is 0 Å². The highest BCUT2D eigenvalue weighted by atomic mass is 32.2. The number of aryl methyl sites for hydroxylation is 1. The maximum Gasteiger partial charge on any atom is 0.266 e. The van der Waals surface area contributed by atoms with Gasteiger partial charge in [0.1, 0.15) is 0 Å². The van der Waals surface area contributed by atoms with Crippen LogP contribution in [-0.2, 0) is 0 Å². The van der Waals surface area contributed by atoms with Gasteiger partial charge in [-0.25, -0.2) is 4.98 Å². The minimum atomic E-state index is -0.00319. The van der Waals surface area contributed by atoms with Crippen molar-refractivity contribution in [3.05, 3.63) is 64.4 Å². The third kappa shape index (κ3) is 3.31. The SMILES string of the molecule is CSCCSc1nc2ccccc2c(=O)n1-c1ccccc1C. The molecule has 0 N–H and O–H groups in total. The molecular formula is C18H18N2OS2. The monoisotopic (exact) mass is 342 g/mol. The number of aromatic nitrogens is 2. The number of nitrogens with zero attached hydrogens (tertiary/aromatic N) is 2. The Morgan fingerprint density at radius 1 is 1.04 bits per heavy atom. The number of rotatable bonds is 5. The molecule has 0 saturated heterocycles.